The lowest BCUT2D eigenvalue weighted by Crippen LogP contribution is -2.41. The first kappa shape index (κ1) is 23.5. The van der Waals surface area contributed by atoms with Crippen molar-refractivity contribution in [2.45, 2.75) is 56.1 Å². The number of carbonyl (C=O) groups is 1. The van der Waals surface area contributed by atoms with Gasteiger partial charge in [0.05, 0.1) is 23.8 Å². The summed E-state index contributed by atoms with van der Waals surface area (Å²) < 4.78 is 15.8. The van der Waals surface area contributed by atoms with E-state index in [1.165, 1.54) is 25.3 Å². The van der Waals surface area contributed by atoms with E-state index in [9.17, 15) is 9.18 Å². The quantitative estimate of drug-likeness (QED) is 0.314. The molecule has 1 aliphatic rings. The third-order valence-corrected chi connectivity index (χ3v) is 7.80. The molecule has 4 aromatic rings. The first-order valence-corrected chi connectivity index (χ1v) is 13.1. The summed E-state index contributed by atoms with van der Waals surface area (Å²) in [4.78, 5) is 21.8. The molecule has 1 saturated carbocycles. The van der Waals surface area contributed by atoms with Crippen molar-refractivity contribution in [3.63, 3.8) is 0 Å². The van der Waals surface area contributed by atoms with Gasteiger partial charge in [-0.2, -0.15) is 0 Å². The minimum absolute atomic E-state index is 0.00680. The van der Waals surface area contributed by atoms with E-state index in [2.05, 4.69) is 21.8 Å². The van der Waals surface area contributed by atoms with Crippen molar-refractivity contribution in [1.82, 2.24) is 19.9 Å². The average molecular weight is 489 g/mol. The van der Waals surface area contributed by atoms with Crippen molar-refractivity contribution < 1.29 is 9.18 Å². The molecule has 1 aliphatic carbocycles. The predicted octanol–water partition coefficient (Wildman–Crippen LogP) is 6.22. The molecule has 0 radical (unpaired) electrons. The van der Waals surface area contributed by atoms with Gasteiger partial charge in [-0.05, 0) is 60.2 Å². The smallest absolute Gasteiger partial charge is 0.251 e. The maximum atomic E-state index is 13.7. The molecule has 0 unspecified atom stereocenters. The summed E-state index contributed by atoms with van der Waals surface area (Å²) in [5, 5.41) is 4.07. The van der Waals surface area contributed by atoms with Crippen molar-refractivity contribution in [2.24, 2.45) is 5.92 Å². The number of fused-ring (bicyclic) bond motifs is 1. The van der Waals surface area contributed by atoms with Crippen LogP contribution in [0.2, 0.25) is 0 Å². The summed E-state index contributed by atoms with van der Waals surface area (Å²) in [7, 11) is 0. The summed E-state index contributed by atoms with van der Waals surface area (Å²) in [5.41, 5.74) is 4.46. The predicted molar refractivity (Wildman–Crippen MR) is 138 cm³/mol. The van der Waals surface area contributed by atoms with Crippen LogP contribution in [0.1, 0.15) is 54.1 Å². The Balaban J connectivity index is 1.28. The Morgan fingerprint density at radius 3 is 2.74 bits per heavy atom. The fraction of sp³-hybridized carbons (Fsp3) is 0.321. The van der Waals surface area contributed by atoms with Gasteiger partial charge in [-0.1, -0.05) is 55.8 Å². The van der Waals surface area contributed by atoms with Crippen LogP contribution in [0.5, 0.6) is 0 Å². The molecule has 0 bridgehead atoms. The molecule has 7 heteroatoms. The molecule has 2 aromatic heterocycles. The Labute approximate surface area is 209 Å². The van der Waals surface area contributed by atoms with E-state index in [0.717, 1.165) is 33.7 Å². The maximum absolute atomic E-state index is 13.7. The van der Waals surface area contributed by atoms with Gasteiger partial charge in [0, 0.05) is 23.6 Å². The van der Waals surface area contributed by atoms with Crippen molar-refractivity contribution in [3.8, 4) is 0 Å². The van der Waals surface area contributed by atoms with Crippen LogP contribution in [0.3, 0.4) is 0 Å². The molecule has 0 spiro atoms. The van der Waals surface area contributed by atoms with Gasteiger partial charge in [0.2, 0.25) is 0 Å². The number of halogens is 1. The van der Waals surface area contributed by atoms with Gasteiger partial charge in [0.15, 0.2) is 5.16 Å². The SMILES string of the molecule is C[C@H]1CCCC[C@H]1NC(=O)c1ccc(CSc2nc3ccncc3n2Cc2cccc(F)c2)cc1. The van der Waals surface area contributed by atoms with Gasteiger partial charge in [-0.15, -0.1) is 0 Å². The highest BCUT2D eigenvalue weighted by molar-refractivity contribution is 7.98. The Hall–Kier alpha value is -3.19. The molecule has 2 aromatic carbocycles. The summed E-state index contributed by atoms with van der Waals surface area (Å²) in [6.07, 6.45) is 8.22. The number of thioether (sulfide) groups is 1. The zero-order chi connectivity index (χ0) is 24.2. The van der Waals surface area contributed by atoms with Gasteiger partial charge in [0.25, 0.3) is 5.91 Å². The lowest BCUT2D eigenvalue weighted by atomic mass is 9.86. The molecular formula is C28H29FN4OS. The Morgan fingerprint density at radius 2 is 1.94 bits per heavy atom. The highest BCUT2D eigenvalue weighted by atomic mass is 32.2. The van der Waals surface area contributed by atoms with Crippen LogP contribution in [0.15, 0.2) is 72.1 Å². The number of nitrogens with one attached hydrogen (secondary N) is 1. The number of nitrogens with zero attached hydrogens (tertiary/aromatic N) is 3. The topological polar surface area (TPSA) is 59.8 Å². The van der Waals surface area contributed by atoms with Crippen LogP contribution >= 0.6 is 11.8 Å². The summed E-state index contributed by atoms with van der Waals surface area (Å²) >= 11 is 1.62. The first-order chi connectivity index (χ1) is 17.1. The highest BCUT2D eigenvalue weighted by Crippen LogP contribution is 2.28. The van der Waals surface area contributed by atoms with Crippen LogP contribution in [0.4, 0.5) is 4.39 Å². The molecule has 0 aliphatic heterocycles. The maximum Gasteiger partial charge on any atom is 0.251 e. The van der Waals surface area contributed by atoms with Crippen molar-refractivity contribution in [2.75, 3.05) is 0 Å². The molecule has 1 amide bonds. The zero-order valence-electron chi connectivity index (χ0n) is 19.8. The molecular weight excluding hydrogens is 459 g/mol. The lowest BCUT2D eigenvalue weighted by molar-refractivity contribution is 0.0910. The van der Waals surface area contributed by atoms with Gasteiger partial charge in [0.1, 0.15) is 5.82 Å². The molecule has 2 heterocycles. The minimum Gasteiger partial charge on any atom is -0.349 e. The Morgan fingerprint density at radius 1 is 1.11 bits per heavy atom. The number of aromatic nitrogens is 3. The fourth-order valence-electron chi connectivity index (χ4n) is 4.71. The lowest BCUT2D eigenvalue weighted by Gasteiger charge is -2.29. The van der Waals surface area contributed by atoms with E-state index in [1.54, 1.807) is 36.3 Å². The molecule has 2 atom stereocenters. The van der Waals surface area contributed by atoms with Crippen LogP contribution in [0, 0.1) is 11.7 Å². The monoisotopic (exact) mass is 488 g/mol. The van der Waals surface area contributed by atoms with Gasteiger partial charge in [-0.25, -0.2) is 9.37 Å². The van der Waals surface area contributed by atoms with Crippen LogP contribution in [-0.4, -0.2) is 26.5 Å². The molecule has 5 nitrogen and oxygen atoms in total. The second kappa shape index (κ2) is 10.6. The fourth-order valence-corrected chi connectivity index (χ4v) is 5.68. The van der Waals surface area contributed by atoms with E-state index in [0.29, 0.717) is 23.8 Å². The summed E-state index contributed by atoms with van der Waals surface area (Å²) in [5.74, 6) is 1.00. The largest absolute Gasteiger partial charge is 0.349 e. The second-order valence-electron chi connectivity index (χ2n) is 9.30. The molecule has 35 heavy (non-hydrogen) atoms. The van der Waals surface area contributed by atoms with Gasteiger partial charge < -0.3 is 9.88 Å². The molecule has 0 saturated heterocycles. The van der Waals surface area contributed by atoms with E-state index in [4.69, 9.17) is 4.98 Å². The van der Waals surface area contributed by atoms with Crippen LogP contribution in [-0.2, 0) is 12.3 Å². The van der Waals surface area contributed by atoms with E-state index >= 15 is 0 Å². The third kappa shape index (κ3) is 5.56. The van der Waals surface area contributed by atoms with Crippen molar-refractivity contribution in [1.29, 1.82) is 0 Å². The van der Waals surface area contributed by atoms with Crippen molar-refractivity contribution >= 4 is 28.7 Å². The zero-order valence-corrected chi connectivity index (χ0v) is 20.6. The Kier molecular flexibility index (Phi) is 7.13. The standard InChI is InChI=1S/C28H29FN4OS/c1-19-5-2-3-8-24(19)31-27(34)22-11-9-20(10-12-22)18-35-28-32-25-13-14-30-16-26(25)33(28)17-21-6-4-7-23(29)15-21/h4,6-7,9-16,19,24H,2-3,5,8,17-18H2,1H3,(H,31,34)/t19-,24+/m0/s1. The van der Waals surface area contributed by atoms with Crippen molar-refractivity contribution in [3.05, 3.63) is 89.5 Å². The van der Waals surface area contributed by atoms with Crippen LogP contribution < -0.4 is 5.32 Å². The van der Waals surface area contributed by atoms with E-state index in [-0.39, 0.29) is 17.8 Å². The van der Waals surface area contributed by atoms with E-state index in [1.807, 2.05) is 36.4 Å². The number of rotatable bonds is 7. The Bertz CT molecular complexity index is 1320. The molecule has 5 rings (SSSR count). The average Bonchev–Trinajstić information content (AvgIpc) is 3.21. The number of hydrogen-bond donors (Lipinski definition) is 1. The molecule has 1 fully saturated rings. The van der Waals surface area contributed by atoms with Crippen LogP contribution in [0.25, 0.3) is 11.0 Å². The van der Waals surface area contributed by atoms with Gasteiger partial charge in [-0.3, -0.25) is 9.78 Å². The third-order valence-electron chi connectivity index (χ3n) is 6.76. The number of pyridine rings is 1. The second-order valence-corrected chi connectivity index (χ2v) is 10.2. The van der Waals surface area contributed by atoms with Gasteiger partial charge >= 0.3 is 0 Å². The van der Waals surface area contributed by atoms with E-state index < -0.39 is 0 Å². The number of imidazole rings is 1. The first-order valence-electron chi connectivity index (χ1n) is 12.1. The minimum atomic E-state index is -0.249. The molecule has 1 N–H and O–H groups in total. The number of benzene rings is 2. The normalized spacial score (nSPS) is 18.0. The number of amides is 1. The summed E-state index contributed by atoms with van der Waals surface area (Å²) in [6.45, 7) is 2.74. The summed E-state index contributed by atoms with van der Waals surface area (Å²) in [6, 6.07) is 16.6. The molecule has 180 valence electrons. The number of hydrogen-bond acceptors (Lipinski definition) is 4. The number of carbonyl (C=O) groups excluding carboxylic acids is 1. The highest BCUT2D eigenvalue weighted by Gasteiger charge is 2.23.